The van der Waals surface area contributed by atoms with Gasteiger partial charge in [0.25, 0.3) is 5.24 Å². The van der Waals surface area contributed by atoms with Crippen molar-refractivity contribution in [3.63, 3.8) is 0 Å². The number of hydrogen-bond acceptors (Lipinski definition) is 1. The molecule has 0 amide bonds. The van der Waals surface area contributed by atoms with Crippen LogP contribution in [0.2, 0.25) is 0 Å². The van der Waals surface area contributed by atoms with E-state index in [4.69, 9.17) is 11.6 Å². The zero-order valence-electron chi connectivity index (χ0n) is 8.03. The molecule has 0 saturated heterocycles. The van der Waals surface area contributed by atoms with Gasteiger partial charge in [0, 0.05) is 5.57 Å². The Bertz CT molecular complexity index is 538. The number of rotatable bonds is 2. The first-order valence-corrected chi connectivity index (χ1v) is 4.95. The molecule has 0 radical (unpaired) electrons. The van der Waals surface area contributed by atoms with Crippen molar-refractivity contribution in [1.82, 2.24) is 0 Å². The van der Waals surface area contributed by atoms with Crippen molar-refractivity contribution in [2.24, 2.45) is 0 Å². The average molecular weight is 217 g/mol. The molecule has 2 aromatic carbocycles. The van der Waals surface area contributed by atoms with Gasteiger partial charge < -0.3 is 0 Å². The van der Waals surface area contributed by atoms with Gasteiger partial charge in [-0.2, -0.15) is 0 Å². The van der Waals surface area contributed by atoms with Crippen molar-refractivity contribution < 1.29 is 4.79 Å². The van der Waals surface area contributed by atoms with Crippen molar-refractivity contribution in [2.75, 3.05) is 0 Å². The number of carbonyl (C=O) groups excluding carboxylic acids is 1. The topological polar surface area (TPSA) is 17.1 Å². The van der Waals surface area contributed by atoms with E-state index in [2.05, 4.69) is 6.58 Å². The van der Waals surface area contributed by atoms with E-state index < -0.39 is 5.24 Å². The van der Waals surface area contributed by atoms with Gasteiger partial charge in [0.05, 0.1) is 0 Å². The van der Waals surface area contributed by atoms with Crippen LogP contribution in [0.3, 0.4) is 0 Å². The standard InChI is InChI=1S/C13H9ClO/c1-9(13(14)15)11-8-4-6-10-5-2-3-7-12(10)11/h2-8H,1H2. The van der Waals surface area contributed by atoms with Gasteiger partial charge in [-0.1, -0.05) is 49.0 Å². The van der Waals surface area contributed by atoms with Crippen molar-refractivity contribution >= 4 is 33.2 Å². The van der Waals surface area contributed by atoms with E-state index in [-0.39, 0.29) is 0 Å². The molecule has 0 aliphatic carbocycles. The molecule has 15 heavy (non-hydrogen) atoms. The van der Waals surface area contributed by atoms with E-state index in [9.17, 15) is 4.79 Å². The second kappa shape index (κ2) is 3.87. The Labute approximate surface area is 93.0 Å². The third-order valence-electron chi connectivity index (χ3n) is 2.35. The molecule has 0 bridgehead atoms. The van der Waals surface area contributed by atoms with Crippen LogP contribution in [0.15, 0.2) is 49.0 Å². The molecule has 0 aromatic heterocycles. The van der Waals surface area contributed by atoms with Crippen molar-refractivity contribution in [3.05, 3.63) is 54.6 Å². The molecule has 2 rings (SSSR count). The van der Waals surface area contributed by atoms with Crippen molar-refractivity contribution in [2.45, 2.75) is 0 Å². The van der Waals surface area contributed by atoms with Crippen LogP contribution in [0.1, 0.15) is 5.56 Å². The highest BCUT2D eigenvalue weighted by Gasteiger charge is 2.08. The summed E-state index contributed by atoms with van der Waals surface area (Å²) in [4.78, 5) is 11.1. The molecular weight excluding hydrogens is 208 g/mol. The van der Waals surface area contributed by atoms with E-state index in [1.807, 2.05) is 42.5 Å². The molecule has 0 unspecified atom stereocenters. The second-order valence-corrected chi connectivity index (χ2v) is 3.62. The zero-order valence-corrected chi connectivity index (χ0v) is 8.79. The predicted molar refractivity (Wildman–Crippen MR) is 63.8 cm³/mol. The van der Waals surface area contributed by atoms with Crippen LogP contribution in [-0.2, 0) is 4.79 Å². The monoisotopic (exact) mass is 216 g/mol. The highest BCUT2D eigenvalue weighted by Crippen LogP contribution is 2.25. The van der Waals surface area contributed by atoms with Crippen LogP contribution in [0.5, 0.6) is 0 Å². The Morgan fingerprint density at radius 3 is 2.47 bits per heavy atom. The minimum atomic E-state index is -0.508. The molecule has 74 valence electrons. The van der Waals surface area contributed by atoms with Crippen LogP contribution in [0.4, 0.5) is 0 Å². The van der Waals surface area contributed by atoms with Crippen LogP contribution in [0, 0.1) is 0 Å². The van der Waals surface area contributed by atoms with Crippen LogP contribution >= 0.6 is 11.6 Å². The lowest BCUT2D eigenvalue weighted by molar-refractivity contribution is -0.106. The fourth-order valence-corrected chi connectivity index (χ4v) is 1.70. The minimum absolute atomic E-state index is 0.341. The number of halogens is 1. The molecule has 2 heteroatoms. The van der Waals surface area contributed by atoms with Crippen LogP contribution in [-0.4, -0.2) is 5.24 Å². The van der Waals surface area contributed by atoms with Gasteiger partial charge in [0.15, 0.2) is 0 Å². The molecule has 0 aliphatic heterocycles. The van der Waals surface area contributed by atoms with Crippen molar-refractivity contribution in [3.8, 4) is 0 Å². The van der Waals surface area contributed by atoms with E-state index in [0.29, 0.717) is 5.57 Å². The second-order valence-electron chi connectivity index (χ2n) is 3.28. The third kappa shape index (κ3) is 1.79. The quantitative estimate of drug-likeness (QED) is 0.554. The number of fused-ring (bicyclic) bond motifs is 1. The van der Waals surface area contributed by atoms with Gasteiger partial charge in [-0.3, -0.25) is 4.79 Å². The molecule has 0 aliphatic rings. The van der Waals surface area contributed by atoms with Gasteiger partial charge in [-0.25, -0.2) is 0 Å². The van der Waals surface area contributed by atoms with Gasteiger partial charge in [-0.15, -0.1) is 0 Å². The Balaban J connectivity index is 2.71. The molecule has 1 nitrogen and oxygen atoms in total. The minimum Gasteiger partial charge on any atom is -0.276 e. The zero-order chi connectivity index (χ0) is 10.8. The lowest BCUT2D eigenvalue weighted by Gasteiger charge is -2.05. The summed E-state index contributed by atoms with van der Waals surface area (Å²) in [6.45, 7) is 3.69. The van der Waals surface area contributed by atoms with E-state index in [1.54, 1.807) is 0 Å². The summed E-state index contributed by atoms with van der Waals surface area (Å²) < 4.78 is 0. The first-order valence-electron chi connectivity index (χ1n) is 4.57. The van der Waals surface area contributed by atoms with Crippen molar-refractivity contribution in [1.29, 1.82) is 0 Å². The first kappa shape index (κ1) is 9.94. The maximum Gasteiger partial charge on any atom is 0.252 e. The number of benzene rings is 2. The smallest absolute Gasteiger partial charge is 0.252 e. The highest BCUT2D eigenvalue weighted by molar-refractivity contribution is 6.74. The van der Waals surface area contributed by atoms with Crippen LogP contribution in [0.25, 0.3) is 16.3 Å². The van der Waals surface area contributed by atoms with Gasteiger partial charge in [0.2, 0.25) is 0 Å². The lowest BCUT2D eigenvalue weighted by Crippen LogP contribution is -1.92. The molecule has 0 N–H and O–H groups in total. The summed E-state index contributed by atoms with van der Waals surface area (Å²) in [5.74, 6) is 0. The fraction of sp³-hybridized carbons (Fsp3) is 0. The predicted octanol–water partition coefficient (Wildman–Crippen LogP) is 3.62. The Kier molecular flexibility index (Phi) is 2.57. The summed E-state index contributed by atoms with van der Waals surface area (Å²) >= 11 is 5.42. The lowest BCUT2D eigenvalue weighted by atomic mass is 10.00. The Morgan fingerprint density at radius 1 is 1.07 bits per heavy atom. The summed E-state index contributed by atoms with van der Waals surface area (Å²) in [5.41, 5.74) is 1.14. The largest absolute Gasteiger partial charge is 0.276 e. The molecule has 0 spiro atoms. The van der Waals surface area contributed by atoms with E-state index in [0.717, 1.165) is 16.3 Å². The molecule has 0 fully saturated rings. The molecule has 0 saturated carbocycles. The Hall–Kier alpha value is -1.60. The van der Waals surface area contributed by atoms with Gasteiger partial charge >= 0.3 is 0 Å². The third-order valence-corrected chi connectivity index (χ3v) is 2.58. The number of carbonyl (C=O) groups is 1. The summed E-state index contributed by atoms with van der Waals surface area (Å²) in [5, 5.41) is 1.57. The van der Waals surface area contributed by atoms with Gasteiger partial charge in [-0.05, 0) is 27.9 Å². The Morgan fingerprint density at radius 2 is 1.73 bits per heavy atom. The molecule has 2 aromatic rings. The van der Waals surface area contributed by atoms with Crippen LogP contribution < -0.4 is 0 Å². The normalized spacial score (nSPS) is 10.2. The molecule has 0 atom stereocenters. The number of hydrogen-bond donors (Lipinski definition) is 0. The maximum absolute atomic E-state index is 11.1. The molecular formula is C13H9ClO. The summed E-state index contributed by atoms with van der Waals surface area (Å²) in [6.07, 6.45) is 0. The fourth-order valence-electron chi connectivity index (χ4n) is 1.59. The SMILES string of the molecule is C=C(C(=O)Cl)c1cccc2ccccc12. The molecule has 0 heterocycles. The summed E-state index contributed by atoms with van der Waals surface area (Å²) in [7, 11) is 0. The number of allylic oxidation sites excluding steroid dienone is 1. The highest BCUT2D eigenvalue weighted by atomic mass is 35.5. The first-order chi connectivity index (χ1) is 7.20. The van der Waals surface area contributed by atoms with E-state index >= 15 is 0 Å². The van der Waals surface area contributed by atoms with E-state index in [1.165, 1.54) is 0 Å². The maximum atomic E-state index is 11.1. The summed E-state index contributed by atoms with van der Waals surface area (Å²) in [6, 6.07) is 13.6. The average Bonchev–Trinajstić information content (AvgIpc) is 2.27. The van der Waals surface area contributed by atoms with Gasteiger partial charge in [0.1, 0.15) is 0 Å².